The molecule has 0 radical (unpaired) electrons. The van der Waals surface area contributed by atoms with Crippen LogP contribution in [0.4, 0.5) is 10.8 Å². The second-order valence-corrected chi connectivity index (χ2v) is 7.89. The van der Waals surface area contributed by atoms with Crippen molar-refractivity contribution in [3.05, 3.63) is 0 Å². The number of unbranched alkanes of at least 4 members (excludes halogenated alkanes) is 1. The Morgan fingerprint density at radius 2 is 1.95 bits per heavy atom. The van der Waals surface area contributed by atoms with Gasteiger partial charge in [0.05, 0.1) is 5.75 Å². The van der Waals surface area contributed by atoms with Crippen LogP contribution < -0.4 is 11.1 Å². The molecule has 1 atom stereocenters. The van der Waals surface area contributed by atoms with Crippen LogP contribution in [0.2, 0.25) is 0 Å². The highest BCUT2D eigenvalue weighted by Crippen LogP contribution is 2.33. The summed E-state index contributed by atoms with van der Waals surface area (Å²) in [5.74, 6) is 0.155. The summed E-state index contributed by atoms with van der Waals surface area (Å²) < 4.78 is 28.2. The van der Waals surface area contributed by atoms with Gasteiger partial charge in [0, 0.05) is 6.04 Å². The van der Waals surface area contributed by atoms with Crippen LogP contribution in [0.3, 0.4) is 0 Å². The van der Waals surface area contributed by atoms with E-state index in [1.807, 2.05) is 0 Å². The van der Waals surface area contributed by atoms with Crippen molar-refractivity contribution in [3.8, 4) is 0 Å². The number of hydrogen-bond donors (Lipinski definition) is 2. The van der Waals surface area contributed by atoms with Crippen LogP contribution in [0, 0.1) is 0 Å². The maximum atomic E-state index is 12.1. The Kier molecular flexibility index (Phi) is 6.75. The van der Waals surface area contributed by atoms with Crippen molar-refractivity contribution in [3.63, 3.8) is 0 Å². The molecule has 1 aromatic heterocycles. The van der Waals surface area contributed by atoms with Gasteiger partial charge in [-0.15, -0.1) is 0 Å². The first-order valence-electron chi connectivity index (χ1n) is 7.20. The summed E-state index contributed by atoms with van der Waals surface area (Å²) in [4.78, 5) is 0.183. The molecule has 1 aromatic rings. The Bertz CT molecular complexity index is 512. The van der Waals surface area contributed by atoms with Gasteiger partial charge in [0.15, 0.2) is 15.7 Å². The Morgan fingerprint density at radius 1 is 1.25 bits per heavy atom. The highest BCUT2D eigenvalue weighted by atomic mass is 32.2. The zero-order valence-corrected chi connectivity index (χ0v) is 14.1. The molecule has 0 fully saturated rings. The smallest absolute Gasteiger partial charge is 0.184 e. The molecule has 0 spiro atoms. The number of nitrogens with zero attached hydrogens (tertiary/aromatic N) is 1. The zero-order valence-electron chi connectivity index (χ0n) is 12.5. The van der Waals surface area contributed by atoms with Crippen LogP contribution in [0.5, 0.6) is 0 Å². The molecule has 1 unspecified atom stereocenters. The van der Waals surface area contributed by atoms with Gasteiger partial charge in [-0.2, -0.15) is 4.37 Å². The standard InChI is InChI=1S/C13H25N3O2S2/c1-4-7-9-10(8-5-2)15-13-11(12(14)16-19-13)20(17,18)6-3/h10,15H,4-9H2,1-3H3,(H2,14,16). The number of nitrogen functional groups attached to an aromatic ring is 1. The first-order chi connectivity index (χ1) is 9.46. The lowest BCUT2D eigenvalue weighted by atomic mass is 10.1. The summed E-state index contributed by atoms with van der Waals surface area (Å²) in [7, 11) is -3.34. The molecule has 20 heavy (non-hydrogen) atoms. The van der Waals surface area contributed by atoms with E-state index in [0.717, 1.165) is 43.6 Å². The summed E-state index contributed by atoms with van der Waals surface area (Å²) in [6.07, 6.45) is 5.37. The Morgan fingerprint density at radius 3 is 2.50 bits per heavy atom. The van der Waals surface area contributed by atoms with E-state index in [0.29, 0.717) is 5.00 Å². The molecule has 5 nitrogen and oxygen atoms in total. The van der Waals surface area contributed by atoms with Crippen LogP contribution in [0.15, 0.2) is 4.90 Å². The highest BCUT2D eigenvalue weighted by molar-refractivity contribution is 7.91. The average molecular weight is 319 g/mol. The normalized spacial score (nSPS) is 13.3. The van der Waals surface area contributed by atoms with E-state index in [1.54, 1.807) is 6.92 Å². The number of sulfone groups is 1. The van der Waals surface area contributed by atoms with Crippen LogP contribution in [0.1, 0.15) is 52.9 Å². The van der Waals surface area contributed by atoms with Crippen LogP contribution in [-0.4, -0.2) is 24.6 Å². The van der Waals surface area contributed by atoms with Crippen molar-refractivity contribution in [2.75, 3.05) is 16.8 Å². The van der Waals surface area contributed by atoms with Gasteiger partial charge in [0.1, 0.15) is 9.90 Å². The van der Waals surface area contributed by atoms with Gasteiger partial charge < -0.3 is 11.1 Å². The third kappa shape index (κ3) is 4.34. The average Bonchev–Trinajstić information content (AvgIpc) is 2.78. The fraction of sp³-hybridized carbons (Fsp3) is 0.769. The SMILES string of the molecule is CCCCC(CCC)Nc1snc(N)c1S(=O)(=O)CC. The fourth-order valence-electron chi connectivity index (χ4n) is 2.10. The van der Waals surface area contributed by atoms with E-state index in [4.69, 9.17) is 5.73 Å². The Balaban J connectivity index is 2.96. The summed E-state index contributed by atoms with van der Waals surface area (Å²) in [5, 5.41) is 3.94. The highest BCUT2D eigenvalue weighted by Gasteiger charge is 2.25. The quantitative estimate of drug-likeness (QED) is 0.729. The summed E-state index contributed by atoms with van der Waals surface area (Å²) in [5.41, 5.74) is 5.73. The van der Waals surface area contributed by atoms with Gasteiger partial charge in [-0.05, 0) is 24.4 Å². The lowest BCUT2D eigenvalue weighted by molar-refractivity contribution is 0.564. The van der Waals surface area contributed by atoms with Gasteiger partial charge in [-0.3, -0.25) is 0 Å². The maximum Gasteiger partial charge on any atom is 0.184 e. The van der Waals surface area contributed by atoms with Gasteiger partial charge >= 0.3 is 0 Å². The Labute approximate surface area is 126 Å². The predicted molar refractivity (Wildman–Crippen MR) is 86.1 cm³/mol. The number of hydrogen-bond acceptors (Lipinski definition) is 6. The molecule has 0 aliphatic heterocycles. The summed E-state index contributed by atoms with van der Waals surface area (Å²) in [6.45, 7) is 5.91. The number of aromatic nitrogens is 1. The summed E-state index contributed by atoms with van der Waals surface area (Å²) in [6, 6.07) is 0.283. The minimum absolute atomic E-state index is 0.0394. The van der Waals surface area contributed by atoms with E-state index in [2.05, 4.69) is 23.5 Å². The lowest BCUT2D eigenvalue weighted by Gasteiger charge is -2.18. The molecule has 0 aliphatic rings. The molecule has 0 bridgehead atoms. The zero-order chi connectivity index (χ0) is 15.2. The molecular weight excluding hydrogens is 294 g/mol. The number of rotatable bonds is 9. The molecule has 7 heteroatoms. The number of nitrogens with two attached hydrogens (primary N) is 1. The molecule has 0 aromatic carbocycles. The molecule has 0 amide bonds. The molecule has 1 heterocycles. The van der Waals surface area contributed by atoms with E-state index in [-0.39, 0.29) is 22.5 Å². The first-order valence-corrected chi connectivity index (χ1v) is 9.63. The Hall–Kier alpha value is -0.820. The van der Waals surface area contributed by atoms with Crippen LogP contribution in [0.25, 0.3) is 0 Å². The molecule has 3 N–H and O–H groups in total. The lowest BCUT2D eigenvalue weighted by Crippen LogP contribution is -2.20. The van der Waals surface area contributed by atoms with E-state index < -0.39 is 9.84 Å². The van der Waals surface area contributed by atoms with Crippen molar-refractivity contribution in [2.45, 2.75) is 63.8 Å². The van der Waals surface area contributed by atoms with Gasteiger partial charge in [-0.1, -0.05) is 40.0 Å². The van der Waals surface area contributed by atoms with E-state index in [9.17, 15) is 8.42 Å². The molecule has 0 aliphatic carbocycles. The second-order valence-electron chi connectivity index (χ2n) is 4.90. The number of nitrogens with one attached hydrogen (secondary N) is 1. The monoisotopic (exact) mass is 319 g/mol. The minimum Gasteiger partial charge on any atom is -0.382 e. The van der Waals surface area contributed by atoms with Crippen LogP contribution >= 0.6 is 11.5 Å². The number of anilines is 2. The van der Waals surface area contributed by atoms with Gasteiger partial charge in [0.25, 0.3) is 0 Å². The van der Waals surface area contributed by atoms with Gasteiger partial charge in [0.2, 0.25) is 0 Å². The molecule has 0 saturated carbocycles. The topological polar surface area (TPSA) is 85.1 Å². The second kappa shape index (κ2) is 7.83. The third-order valence-corrected chi connectivity index (χ3v) is 5.96. The fourth-order valence-corrected chi connectivity index (χ4v) is 4.34. The van der Waals surface area contributed by atoms with Crippen molar-refractivity contribution in [1.82, 2.24) is 4.37 Å². The first kappa shape index (κ1) is 17.2. The van der Waals surface area contributed by atoms with Crippen molar-refractivity contribution >= 4 is 32.2 Å². The van der Waals surface area contributed by atoms with Crippen molar-refractivity contribution in [2.24, 2.45) is 0 Å². The third-order valence-electron chi connectivity index (χ3n) is 3.24. The van der Waals surface area contributed by atoms with Crippen molar-refractivity contribution < 1.29 is 8.42 Å². The largest absolute Gasteiger partial charge is 0.382 e. The van der Waals surface area contributed by atoms with Crippen molar-refractivity contribution in [1.29, 1.82) is 0 Å². The molecular formula is C13H25N3O2S2. The molecule has 1 rings (SSSR count). The predicted octanol–water partition coefficient (Wildman–Crippen LogP) is 3.29. The summed E-state index contributed by atoms with van der Waals surface area (Å²) >= 11 is 1.14. The van der Waals surface area contributed by atoms with Gasteiger partial charge in [-0.25, -0.2) is 8.42 Å². The molecule has 116 valence electrons. The van der Waals surface area contributed by atoms with E-state index >= 15 is 0 Å². The minimum atomic E-state index is -3.34. The van der Waals surface area contributed by atoms with E-state index in [1.165, 1.54) is 0 Å². The maximum absolute atomic E-state index is 12.1. The molecule has 0 saturated heterocycles. The van der Waals surface area contributed by atoms with Crippen LogP contribution in [-0.2, 0) is 9.84 Å².